The zero-order valence-electron chi connectivity index (χ0n) is 18.3. The third-order valence-electron chi connectivity index (χ3n) is 5.78. The van der Waals surface area contributed by atoms with Crippen molar-refractivity contribution >= 4 is 5.71 Å². The summed E-state index contributed by atoms with van der Waals surface area (Å²) < 4.78 is 34.3. The predicted octanol–water partition coefficient (Wildman–Crippen LogP) is 4.56. The van der Waals surface area contributed by atoms with E-state index in [1.54, 1.807) is 34.7 Å². The van der Waals surface area contributed by atoms with Gasteiger partial charge in [0.05, 0.1) is 40.7 Å². The maximum Gasteiger partial charge on any atom is 0.214 e. The van der Waals surface area contributed by atoms with E-state index in [4.69, 9.17) is 33.2 Å². The number of para-hydroxylation sites is 1. The largest absolute Gasteiger partial charge is 0.493 e. The molecule has 0 bridgehead atoms. The van der Waals surface area contributed by atoms with E-state index in [-0.39, 0.29) is 6.04 Å². The van der Waals surface area contributed by atoms with E-state index in [2.05, 4.69) is 0 Å². The molecule has 0 aliphatic carbocycles. The third-order valence-corrected chi connectivity index (χ3v) is 5.78. The van der Waals surface area contributed by atoms with Crippen LogP contribution in [0.1, 0.15) is 35.6 Å². The molecular formula is C24H24N2O6. The SMILES string of the molecule is COc1cc([C@H]2Oc3c(OC)cccc3[C@@H]3CC(c4ccco4)=NN23)cc(OC)c1OC. The van der Waals surface area contributed by atoms with Crippen LogP contribution < -0.4 is 23.7 Å². The highest BCUT2D eigenvalue weighted by atomic mass is 16.5. The lowest BCUT2D eigenvalue weighted by Gasteiger charge is -2.38. The van der Waals surface area contributed by atoms with E-state index in [9.17, 15) is 0 Å². The number of rotatable bonds is 6. The van der Waals surface area contributed by atoms with Crippen molar-refractivity contribution in [3.05, 3.63) is 65.6 Å². The van der Waals surface area contributed by atoms with E-state index in [0.717, 1.165) is 22.6 Å². The van der Waals surface area contributed by atoms with Crippen LogP contribution in [0, 0.1) is 0 Å². The van der Waals surface area contributed by atoms with Gasteiger partial charge in [0.2, 0.25) is 12.0 Å². The van der Waals surface area contributed by atoms with Gasteiger partial charge in [0, 0.05) is 17.5 Å². The average Bonchev–Trinajstić information content (AvgIpc) is 3.52. The zero-order valence-corrected chi connectivity index (χ0v) is 18.3. The molecule has 32 heavy (non-hydrogen) atoms. The van der Waals surface area contributed by atoms with Gasteiger partial charge in [-0.15, -0.1) is 0 Å². The molecule has 2 atom stereocenters. The van der Waals surface area contributed by atoms with Crippen LogP contribution in [-0.2, 0) is 0 Å². The van der Waals surface area contributed by atoms with Gasteiger partial charge in [-0.05, 0) is 30.3 Å². The number of ether oxygens (including phenoxy) is 5. The van der Waals surface area contributed by atoms with Crippen LogP contribution >= 0.6 is 0 Å². The van der Waals surface area contributed by atoms with E-state index in [1.165, 1.54) is 0 Å². The Morgan fingerprint density at radius 1 is 0.906 bits per heavy atom. The molecule has 3 aromatic rings. The molecule has 5 rings (SSSR count). The molecule has 0 radical (unpaired) electrons. The maximum absolute atomic E-state index is 6.50. The molecule has 2 aliphatic rings. The van der Waals surface area contributed by atoms with Crippen molar-refractivity contribution in [2.24, 2.45) is 5.10 Å². The molecule has 166 valence electrons. The van der Waals surface area contributed by atoms with Crippen molar-refractivity contribution in [2.45, 2.75) is 18.7 Å². The van der Waals surface area contributed by atoms with Gasteiger partial charge < -0.3 is 28.1 Å². The van der Waals surface area contributed by atoms with Gasteiger partial charge in [-0.2, -0.15) is 5.10 Å². The minimum atomic E-state index is -0.537. The number of methoxy groups -OCH3 is 4. The Bertz CT molecular complexity index is 1130. The molecule has 1 aromatic heterocycles. The summed E-state index contributed by atoms with van der Waals surface area (Å²) in [6, 6.07) is 13.4. The van der Waals surface area contributed by atoms with Crippen molar-refractivity contribution in [2.75, 3.05) is 28.4 Å². The highest BCUT2D eigenvalue weighted by Gasteiger charge is 2.43. The second kappa shape index (κ2) is 8.03. The van der Waals surface area contributed by atoms with Crippen LogP contribution in [0.2, 0.25) is 0 Å². The lowest BCUT2D eigenvalue weighted by atomic mass is 9.97. The lowest BCUT2D eigenvalue weighted by Crippen LogP contribution is -2.34. The van der Waals surface area contributed by atoms with Crippen molar-refractivity contribution < 1.29 is 28.1 Å². The molecule has 2 aromatic carbocycles. The van der Waals surface area contributed by atoms with Crippen molar-refractivity contribution in [3.8, 4) is 28.7 Å². The van der Waals surface area contributed by atoms with Crippen LogP contribution in [0.15, 0.2) is 58.2 Å². The first-order valence-electron chi connectivity index (χ1n) is 10.2. The number of furan rings is 1. The molecule has 0 N–H and O–H groups in total. The molecule has 2 aliphatic heterocycles. The fourth-order valence-electron chi connectivity index (χ4n) is 4.30. The van der Waals surface area contributed by atoms with Gasteiger partial charge in [0.25, 0.3) is 0 Å². The monoisotopic (exact) mass is 436 g/mol. The van der Waals surface area contributed by atoms with E-state index < -0.39 is 6.23 Å². The topological polar surface area (TPSA) is 74.9 Å². The molecule has 0 saturated carbocycles. The Morgan fingerprint density at radius 3 is 2.28 bits per heavy atom. The number of benzene rings is 2. The first-order valence-corrected chi connectivity index (χ1v) is 10.2. The van der Waals surface area contributed by atoms with Gasteiger partial charge in [0.15, 0.2) is 23.0 Å². The van der Waals surface area contributed by atoms with Gasteiger partial charge in [-0.1, -0.05) is 12.1 Å². The van der Waals surface area contributed by atoms with Gasteiger partial charge in [-0.3, -0.25) is 0 Å². The second-order valence-corrected chi connectivity index (χ2v) is 7.43. The van der Waals surface area contributed by atoms with Gasteiger partial charge in [0.1, 0.15) is 11.5 Å². The first kappa shape index (κ1) is 20.1. The van der Waals surface area contributed by atoms with Crippen LogP contribution in [0.4, 0.5) is 0 Å². The minimum absolute atomic E-state index is 0.0435. The Morgan fingerprint density at radius 2 is 1.66 bits per heavy atom. The summed E-state index contributed by atoms with van der Waals surface area (Å²) in [6.45, 7) is 0. The summed E-state index contributed by atoms with van der Waals surface area (Å²) in [4.78, 5) is 0. The van der Waals surface area contributed by atoms with E-state index in [0.29, 0.717) is 35.2 Å². The Kier molecular flexibility index (Phi) is 5.05. The van der Waals surface area contributed by atoms with Crippen molar-refractivity contribution in [1.29, 1.82) is 0 Å². The fraction of sp³-hybridized carbons (Fsp3) is 0.292. The van der Waals surface area contributed by atoms with Crippen LogP contribution in [0.5, 0.6) is 28.7 Å². The molecule has 3 heterocycles. The first-order chi connectivity index (χ1) is 15.7. The van der Waals surface area contributed by atoms with E-state index >= 15 is 0 Å². The van der Waals surface area contributed by atoms with Crippen LogP contribution in [0.3, 0.4) is 0 Å². The number of nitrogens with zero attached hydrogens (tertiary/aromatic N) is 2. The van der Waals surface area contributed by atoms with Crippen LogP contribution in [-0.4, -0.2) is 39.2 Å². The summed E-state index contributed by atoms with van der Waals surface area (Å²) in [5, 5.41) is 6.85. The Labute approximate surface area is 185 Å². The van der Waals surface area contributed by atoms with Crippen molar-refractivity contribution in [3.63, 3.8) is 0 Å². The highest BCUT2D eigenvalue weighted by molar-refractivity contribution is 5.99. The molecule has 0 unspecified atom stereocenters. The number of hydrogen-bond donors (Lipinski definition) is 0. The summed E-state index contributed by atoms with van der Waals surface area (Å²) in [7, 11) is 6.40. The maximum atomic E-state index is 6.50. The summed E-state index contributed by atoms with van der Waals surface area (Å²) in [5.74, 6) is 3.72. The standard InChI is InChI=1S/C24H24N2O6/c1-27-19-8-5-7-15-17-13-16(18-9-6-10-31-18)25-26(17)24(32-22(15)19)14-11-20(28-2)23(30-4)21(12-14)29-3/h5-12,17,24H,13H2,1-4H3/t17-,24+/m0/s1. The van der Waals surface area contributed by atoms with Crippen LogP contribution in [0.25, 0.3) is 0 Å². The lowest BCUT2D eigenvalue weighted by molar-refractivity contribution is -0.0211. The predicted molar refractivity (Wildman–Crippen MR) is 117 cm³/mol. The normalized spacial score (nSPS) is 18.9. The summed E-state index contributed by atoms with van der Waals surface area (Å²) in [6.07, 6.45) is 1.79. The minimum Gasteiger partial charge on any atom is -0.493 e. The highest BCUT2D eigenvalue weighted by Crippen LogP contribution is 2.52. The molecule has 8 heteroatoms. The average molecular weight is 436 g/mol. The summed E-state index contributed by atoms with van der Waals surface area (Å²) >= 11 is 0. The number of hydrogen-bond acceptors (Lipinski definition) is 8. The Balaban J connectivity index is 1.66. The Hall–Kier alpha value is -3.81. The third kappa shape index (κ3) is 3.10. The smallest absolute Gasteiger partial charge is 0.214 e. The molecule has 8 nitrogen and oxygen atoms in total. The van der Waals surface area contributed by atoms with E-state index in [1.807, 2.05) is 47.5 Å². The molecule has 0 spiro atoms. The van der Waals surface area contributed by atoms with Crippen molar-refractivity contribution in [1.82, 2.24) is 5.01 Å². The quantitative estimate of drug-likeness (QED) is 0.561. The molecule has 0 saturated heterocycles. The number of hydrazone groups is 1. The fourth-order valence-corrected chi connectivity index (χ4v) is 4.30. The zero-order chi connectivity index (χ0) is 22.2. The second-order valence-electron chi connectivity index (χ2n) is 7.43. The summed E-state index contributed by atoms with van der Waals surface area (Å²) in [5.41, 5.74) is 2.68. The molecule has 0 fully saturated rings. The van der Waals surface area contributed by atoms with Gasteiger partial charge in [-0.25, -0.2) is 5.01 Å². The van der Waals surface area contributed by atoms with Gasteiger partial charge >= 0.3 is 0 Å². The number of fused-ring (bicyclic) bond motifs is 3. The molecule has 0 amide bonds. The molecular weight excluding hydrogens is 412 g/mol.